The second kappa shape index (κ2) is 7.30. The van der Waals surface area contributed by atoms with E-state index in [1.165, 1.54) is 11.3 Å². The van der Waals surface area contributed by atoms with E-state index < -0.39 is 9.84 Å². The SMILES string of the molecule is Cc1ccc(S(=O)(=O)c2nc(-c3cccc(C)c3)c(-c3ccncc3)s2)cc1. The van der Waals surface area contributed by atoms with Gasteiger partial charge in [0.15, 0.2) is 0 Å². The molecule has 28 heavy (non-hydrogen) atoms. The van der Waals surface area contributed by atoms with E-state index >= 15 is 0 Å². The number of pyridine rings is 1. The molecule has 4 nitrogen and oxygen atoms in total. The van der Waals surface area contributed by atoms with Crippen LogP contribution in [0.5, 0.6) is 0 Å². The number of hydrogen-bond acceptors (Lipinski definition) is 5. The first-order chi connectivity index (χ1) is 13.4. The zero-order valence-electron chi connectivity index (χ0n) is 15.5. The first-order valence-electron chi connectivity index (χ1n) is 8.75. The molecule has 0 amide bonds. The number of aryl methyl sites for hydroxylation is 2. The van der Waals surface area contributed by atoms with E-state index in [4.69, 9.17) is 0 Å². The lowest BCUT2D eigenvalue weighted by Crippen LogP contribution is -2.01. The number of thiazole rings is 1. The van der Waals surface area contributed by atoms with Gasteiger partial charge in [0, 0.05) is 18.0 Å². The van der Waals surface area contributed by atoms with Crippen molar-refractivity contribution in [1.29, 1.82) is 0 Å². The van der Waals surface area contributed by atoms with Crippen molar-refractivity contribution in [2.45, 2.75) is 23.1 Å². The summed E-state index contributed by atoms with van der Waals surface area (Å²) in [6.07, 6.45) is 3.40. The molecule has 0 radical (unpaired) electrons. The summed E-state index contributed by atoms with van der Waals surface area (Å²) < 4.78 is 26.4. The highest BCUT2D eigenvalue weighted by atomic mass is 32.2. The number of nitrogens with zero attached hydrogens (tertiary/aromatic N) is 2. The molecule has 0 saturated heterocycles. The summed E-state index contributed by atoms with van der Waals surface area (Å²) in [5, 5.41) is 0. The predicted molar refractivity (Wildman–Crippen MR) is 112 cm³/mol. The Labute approximate surface area is 168 Å². The third-order valence-corrected chi connectivity index (χ3v) is 7.65. The van der Waals surface area contributed by atoms with Gasteiger partial charge in [-0.05, 0) is 49.7 Å². The molecule has 0 unspecified atom stereocenters. The molecule has 0 fully saturated rings. The molecule has 140 valence electrons. The van der Waals surface area contributed by atoms with E-state index in [9.17, 15) is 8.42 Å². The van der Waals surface area contributed by atoms with Crippen LogP contribution in [0.3, 0.4) is 0 Å². The van der Waals surface area contributed by atoms with Gasteiger partial charge in [-0.2, -0.15) is 0 Å². The fourth-order valence-electron chi connectivity index (χ4n) is 2.92. The van der Waals surface area contributed by atoms with Crippen molar-refractivity contribution < 1.29 is 8.42 Å². The molecule has 4 rings (SSSR count). The van der Waals surface area contributed by atoms with E-state index in [2.05, 4.69) is 9.97 Å². The molecule has 0 N–H and O–H groups in total. The molecule has 0 atom stereocenters. The Bertz CT molecular complexity index is 1230. The van der Waals surface area contributed by atoms with Gasteiger partial charge in [-0.15, -0.1) is 11.3 Å². The molecular weight excluding hydrogens is 388 g/mol. The highest BCUT2D eigenvalue weighted by molar-refractivity contribution is 7.93. The quantitative estimate of drug-likeness (QED) is 0.460. The second-order valence-electron chi connectivity index (χ2n) is 6.58. The van der Waals surface area contributed by atoms with Gasteiger partial charge >= 0.3 is 0 Å². The zero-order chi connectivity index (χ0) is 19.7. The fraction of sp³-hybridized carbons (Fsp3) is 0.0909. The van der Waals surface area contributed by atoms with Crippen LogP contribution < -0.4 is 0 Å². The lowest BCUT2D eigenvalue weighted by molar-refractivity contribution is 0.595. The van der Waals surface area contributed by atoms with E-state index in [0.717, 1.165) is 27.1 Å². The molecule has 2 aromatic carbocycles. The lowest BCUT2D eigenvalue weighted by atomic mass is 10.1. The van der Waals surface area contributed by atoms with E-state index in [1.54, 1.807) is 36.7 Å². The number of aromatic nitrogens is 2. The molecular formula is C22H18N2O2S2. The van der Waals surface area contributed by atoms with Crippen LogP contribution in [0.1, 0.15) is 11.1 Å². The molecule has 0 saturated carbocycles. The highest BCUT2D eigenvalue weighted by Gasteiger charge is 2.25. The Hall–Kier alpha value is -2.83. The number of benzene rings is 2. The summed E-state index contributed by atoms with van der Waals surface area (Å²) in [4.78, 5) is 9.72. The standard InChI is InChI=1S/C22H18N2O2S2/c1-15-6-8-19(9-7-15)28(25,26)22-24-20(18-5-3-4-16(2)14-18)21(27-22)17-10-12-23-13-11-17/h3-14H,1-2H3. The van der Waals surface area contributed by atoms with Gasteiger partial charge in [-0.1, -0.05) is 41.5 Å². The topological polar surface area (TPSA) is 59.9 Å². The maximum atomic E-state index is 13.2. The van der Waals surface area contributed by atoms with Crippen LogP contribution in [0, 0.1) is 13.8 Å². The zero-order valence-corrected chi connectivity index (χ0v) is 17.1. The summed E-state index contributed by atoms with van der Waals surface area (Å²) >= 11 is 1.19. The average molecular weight is 407 g/mol. The Morgan fingerprint density at radius 1 is 0.821 bits per heavy atom. The Morgan fingerprint density at radius 3 is 2.21 bits per heavy atom. The van der Waals surface area contributed by atoms with E-state index in [0.29, 0.717) is 5.69 Å². The summed E-state index contributed by atoms with van der Waals surface area (Å²) in [7, 11) is -3.69. The Morgan fingerprint density at radius 2 is 1.54 bits per heavy atom. The maximum Gasteiger partial charge on any atom is 0.233 e. The molecule has 2 heterocycles. The molecule has 0 aliphatic heterocycles. The van der Waals surface area contributed by atoms with Crippen LogP contribution in [0.25, 0.3) is 21.7 Å². The second-order valence-corrected chi connectivity index (χ2v) is 9.70. The summed E-state index contributed by atoms with van der Waals surface area (Å²) in [6.45, 7) is 3.93. The van der Waals surface area contributed by atoms with Crippen molar-refractivity contribution in [2.75, 3.05) is 0 Å². The molecule has 6 heteroatoms. The number of hydrogen-bond donors (Lipinski definition) is 0. The third-order valence-electron chi connectivity index (χ3n) is 4.40. The lowest BCUT2D eigenvalue weighted by Gasteiger charge is -2.03. The van der Waals surface area contributed by atoms with Crippen LogP contribution >= 0.6 is 11.3 Å². The minimum absolute atomic E-state index is 0.0969. The molecule has 4 aromatic rings. The van der Waals surface area contributed by atoms with Crippen LogP contribution in [0.4, 0.5) is 0 Å². The Kier molecular flexibility index (Phi) is 4.83. The van der Waals surface area contributed by atoms with Crippen molar-refractivity contribution in [2.24, 2.45) is 0 Å². The van der Waals surface area contributed by atoms with Crippen molar-refractivity contribution >= 4 is 21.2 Å². The monoisotopic (exact) mass is 406 g/mol. The normalized spacial score (nSPS) is 11.5. The van der Waals surface area contributed by atoms with Crippen LogP contribution in [-0.2, 0) is 9.84 Å². The first kappa shape index (κ1) is 18.5. The van der Waals surface area contributed by atoms with Gasteiger partial charge in [0.25, 0.3) is 0 Å². The molecule has 0 aliphatic rings. The van der Waals surface area contributed by atoms with Crippen molar-refractivity contribution in [3.63, 3.8) is 0 Å². The average Bonchev–Trinajstić information content (AvgIpc) is 3.15. The molecule has 2 aromatic heterocycles. The number of sulfone groups is 1. The predicted octanol–water partition coefficient (Wildman–Crippen LogP) is 5.32. The fourth-order valence-corrected chi connectivity index (χ4v) is 5.63. The van der Waals surface area contributed by atoms with Gasteiger partial charge in [0.2, 0.25) is 14.2 Å². The summed E-state index contributed by atoms with van der Waals surface area (Å²) in [5.74, 6) is 0. The van der Waals surface area contributed by atoms with Crippen molar-refractivity contribution in [1.82, 2.24) is 9.97 Å². The van der Waals surface area contributed by atoms with Gasteiger partial charge in [0.1, 0.15) is 0 Å². The number of rotatable bonds is 4. The Balaban J connectivity index is 1.92. The van der Waals surface area contributed by atoms with Gasteiger partial charge in [-0.25, -0.2) is 13.4 Å². The minimum atomic E-state index is -3.69. The van der Waals surface area contributed by atoms with Crippen LogP contribution in [-0.4, -0.2) is 18.4 Å². The highest BCUT2D eigenvalue weighted by Crippen LogP contribution is 2.39. The van der Waals surface area contributed by atoms with Gasteiger partial charge < -0.3 is 0 Å². The maximum absolute atomic E-state index is 13.2. The van der Waals surface area contributed by atoms with E-state index in [-0.39, 0.29) is 9.24 Å². The van der Waals surface area contributed by atoms with Crippen molar-refractivity contribution in [3.8, 4) is 21.7 Å². The molecule has 0 spiro atoms. The summed E-state index contributed by atoms with van der Waals surface area (Å²) in [5.41, 5.74) is 4.57. The molecule has 0 bridgehead atoms. The largest absolute Gasteiger partial charge is 0.265 e. The third kappa shape index (κ3) is 3.48. The first-order valence-corrected chi connectivity index (χ1v) is 11.0. The summed E-state index contributed by atoms with van der Waals surface area (Å²) in [6, 6.07) is 18.5. The van der Waals surface area contributed by atoms with Crippen LogP contribution in [0.15, 0.2) is 82.3 Å². The molecule has 0 aliphatic carbocycles. The van der Waals surface area contributed by atoms with Gasteiger partial charge in [-0.3, -0.25) is 4.98 Å². The van der Waals surface area contributed by atoms with Crippen molar-refractivity contribution in [3.05, 3.63) is 84.2 Å². The van der Waals surface area contributed by atoms with E-state index in [1.807, 2.05) is 50.2 Å². The van der Waals surface area contributed by atoms with Gasteiger partial charge in [0.05, 0.1) is 15.5 Å². The smallest absolute Gasteiger partial charge is 0.233 e. The van der Waals surface area contributed by atoms with Crippen LogP contribution in [0.2, 0.25) is 0 Å². The minimum Gasteiger partial charge on any atom is -0.265 e.